The number of anilines is 1. The summed E-state index contributed by atoms with van der Waals surface area (Å²) in [6, 6.07) is 8.99. The van der Waals surface area contributed by atoms with E-state index in [2.05, 4.69) is 9.98 Å². The van der Waals surface area contributed by atoms with E-state index in [1.807, 2.05) is 0 Å². The van der Waals surface area contributed by atoms with Gasteiger partial charge in [0.25, 0.3) is 0 Å². The van der Waals surface area contributed by atoms with Gasteiger partial charge in [-0.05, 0) is 24.3 Å². The molecule has 0 aliphatic carbocycles. The number of hydrogen-bond donors (Lipinski definition) is 0. The summed E-state index contributed by atoms with van der Waals surface area (Å²) in [5, 5.41) is 0.645. The molecule has 8 heteroatoms. The van der Waals surface area contributed by atoms with Gasteiger partial charge >= 0.3 is 6.03 Å². The van der Waals surface area contributed by atoms with Crippen LogP contribution in [0.5, 0.6) is 23.0 Å². The molecule has 0 unspecified atom stereocenters. The third-order valence-corrected chi connectivity index (χ3v) is 4.35. The lowest BCUT2D eigenvalue weighted by atomic mass is 10.1. The predicted octanol–water partition coefficient (Wildman–Crippen LogP) is 4.19. The first-order chi connectivity index (χ1) is 13.6. The quantitative estimate of drug-likeness (QED) is 0.662. The van der Waals surface area contributed by atoms with Crippen LogP contribution in [0.1, 0.15) is 0 Å². The van der Waals surface area contributed by atoms with Crippen LogP contribution >= 0.6 is 0 Å². The summed E-state index contributed by atoms with van der Waals surface area (Å²) in [5.74, 6) is 0.892. The zero-order valence-corrected chi connectivity index (χ0v) is 15.2. The lowest BCUT2D eigenvalue weighted by Gasteiger charge is -2.16. The molecule has 1 aromatic heterocycles. The van der Waals surface area contributed by atoms with E-state index in [0.717, 1.165) is 0 Å². The van der Waals surface area contributed by atoms with Gasteiger partial charge in [0.15, 0.2) is 23.1 Å². The van der Waals surface area contributed by atoms with Crippen LogP contribution < -0.4 is 19.1 Å². The highest BCUT2D eigenvalue weighted by Gasteiger charge is 2.20. The van der Waals surface area contributed by atoms with E-state index in [1.54, 1.807) is 30.5 Å². The van der Waals surface area contributed by atoms with Crippen molar-refractivity contribution < 1.29 is 23.4 Å². The molecule has 0 atom stereocenters. The maximum atomic E-state index is 14.6. The number of hydrogen-bond acceptors (Lipinski definition) is 5. The largest absolute Gasteiger partial charge is 0.493 e. The van der Waals surface area contributed by atoms with Crippen molar-refractivity contribution in [1.29, 1.82) is 0 Å². The second-order valence-electron chi connectivity index (χ2n) is 5.96. The molecule has 2 heterocycles. The van der Waals surface area contributed by atoms with E-state index < -0.39 is 11.8 Å². The molecule has 0 spiro atoms. The predicted molar refractivity (Wildman–Crippen MR) is 103 cm³/mol. The molecule has 0 N–H and O–H groups in total. The van der Waals surface area contributed by atoms with Gasteiger partial charge in [-0.3, -0.25) is 9.88 Å². The van der Waals surface area contributed by atoms with Gasteiger partial charge in [-0.2, -0.15) is 0 Å². The second kappa shape index (κ2) is 7.15. The van der Waals surface area contributed by atoms with Crippen LogP contribution in [0.3, 0.4) is 0 Å². The van der Waals surface area contributed by atoms with E-state index in [4.69, 9.17) is 14.2 Å². The first kappa shape index (κ1) is 17.7. The van der Waals surface area contributed by atoms with Gasteiger partial charge in [-0.25, -0.2) is 14.2 Å². The Morgan fingerprint density at radius 3 is 2.46 bits per heavy atom. The van der Waals surface area contributed by atoms with Crippen molar-refractivity contribution in [3.63, 3.8) is 0 Å². The van der Waals surface area contributed by atoms with Gasteiger partial charge < -0.3 is 14.2 Å². The molecule has 0 saturated carbocycles. The molecule has 2 aromatic carbocycles. The van der Waals surface area contributed by atoms with Crippen LogP contribution in [0.2, 0.25) is 0 Å². The minimum atomic E-state index is -0.595. The number of pyridine rings is 1. The zero-order valence-electron chi connectivity index (χ0n) is 15.2. The summed E-state index contributed by atoms with van der Waals surface area (Å²) < 4.78 is 31.0. The highest BCUT2D eigenvalue weighted by atomic mass is 19.1. The Morgan fingerprint density at radius 1 is 1.00 bits per heavy atom. The molecule has 28 heavy (non-hydrogen) atoms. The number of aliphatic imine (C=N–C) groups is 1. The Hall–Kier alpha value is -3.68. The molecule has 1 aliphatic rings. The molecule has 2 amide bonds. The van der Waals surface area contributed by atoms with E-state index in [-0.39, 0.29) is 5.75 Å². The molecule has 3 aromatic rings. The summed E-state index contributed by atoms with van der Waals surface area (Å²) >= 11 is 0. The fourth-order valence-electron chi connectivity index (χ4n) is 2.96. The third-order valence-electron chi connectivity index (χ3n) is 4.35. The van der Waals surface area contributed by atoms with E-state index in [1.165, 1.54) is 37.5 Å². The van der Waals surface area contributed by atoms with Gasteiger partial charge in [0, 0.05) is 35.6 Å². The Bertz CT molecular complexity index is 1100. The number of carbonyl (C=O) groups excluding carboxylic acids is 1. The first-order valence-corrected chi connectivity index (χ1v) is 8.43. The van der Waals surface area contributed by atoms with Gasteiger partial charge in [-0.1, -0.05) is 0 Å². The summed E-state index contributed by atoms with van der Waals surface area (Å²) in [4.78, 5) is 21.0. The van der Waals surface area contributed by atoms with Crippen molar-refractivity contribution in [2.75, 3.05) is 25.7 Å². The fraction of sp³-hybridized carbons (Fsp3) is 0.150. The second-order valence-corrected chi connectivity index (χ2v) is 5.96. The van der Waals surface area contributed by atoms with E-state index in [0.29, 0.717) is 40.4 Å². The molecule has 0 saturated heterocycles. The summed E-state index contributed by atoms with van der Waals surface area (Å²) in [5.41, 5.74) is 1.03. The number of fused-ring (bicyclic) bond motifs is 1. The molecule has 0 radical (unpaired) electrons. The summed E-state index contributed by atoms with van der Waals surface area (Å²) in [7, 11) is 3.07. The maximum Gasteiger partial charge on any atom is 0.348 e. The number of methoxy groups -OCH3 is 2. The van der Waals surface area contributed by atoms with Gasteiger partial charge in [0.2, 0.25) is 0 Å². The Morgan fingerprint density at radius 2 is 1.79 bits per heavy atom. The normalized spacial score (nSPS) is 13.2. The summed E-state index contributed by atoms with van der Waals surface area (Å²) in [6.45, 7) is 0.315. The minimum absolute atomic E-state index is 0.0265. The van der Waals surface area contributed by atoms with Crippen molar-refractivity contribution in [3.8, 4) is 23.0 Å². The molecule has 142 valence electrons. The zero-order chi connectivity index (χ0) is 19.7. The molecule has 1 aliphatic heterocycles. The van der Waals surface area contributed by atoms with Crippen molar-refractivity contribution in [3.05, 3.63) is 48.4 Å². The Balaban J connectivity index is 1.69. The first-order valence-electron chi connectivity index (χ1n) is 8.43. The van der Waals surface area contributed by atoms with Gasteiger partial charge in [0.1, 0.15) is 5.75 Å². The number of halogens is 1. The number of nitrogens with zero attached hydrogens (tertiary/aromatic N) is 3. The maximum absolute atomic E-state index is 14.6. The molecular weight excluding hydrogens is 365 g/mol. The van der Waals surface area contributed by atoms with Crippen LogP contribution in [0.25, 0.3) is 10.9 Å². The van der Waals surface area contributed by atoms with Crippen molar-refractivity contribution in [1.82, 2.24) is 4.98 Å². The number of amides is 2. The average molecular weight is 381 g/mol. The Labute approximate surface area is 160 Å². The van der Waals surface area contributed by atoms with Crippen LogP contribution in [-0.2, 0) is 0 Å². The lowest BCUT2D eigenvalue weighted by Crippen LogP contribution is -2.23. The number of urea groups is 1. The van der Waals surface area contributed by atoms with Crippen LogP contribution in [0, 0.1) is 5.82 Å². The van der Waals surface area contributed by atoms with Crippen LogP contribution in [-0.4, -0.2) is 38.0 Å². The highest BCUT2D eigenvalue weighted by molar-refractivity contribution is 6.04. The molecule has 7 nitrogen and oxygen atoms in total. The molecule has 0 bridgehead atoms. The van der Waals surface area contributed by atoms with Gasteiger partial charge in [0.05, 0.1) is 26.3 Å². The van der Waals surface area contributed by atoms with Crippen molar-refractivity contribution >= 4 is 28.8 Å². The minimum Gasteiger partial charge on any atom is -0.493 e. The van der Waals surface area contributed by atoms with Crippen LogP contribution in [0.15, 0.2) is 47.6 Å². The van der Waals surface area contributed by atoms with Crippen molar-refractivity contribution in [2.24, 2.45) is 4.99 Å². The van der Waals surface area contributed by atoms with E-state index >= 15 is 0 Å². The Kier molecular flexibility index (Phi) is 4.52. The molecule has 0 fully saturated rings. The third kappa shape index (κ3) is 3.09. The number of aromatic nitrogens is 1. The number of rotatable bonds is 5. The topological polar surface area (TPSA) is 73.3 Å². The summed E-state index contributed by atoms with van der Waals surface area (Å²) in [6.07, 6.45) is 3.05. The smallest absolute Gasteiger partial charge is 0.348 e. The lowest BCUT2D eigenvalue weighted by molar-refractivity contribution is 0.256. The van der Waals surface area contributed by atoms with E-state index in [9.17, 15) is 9.18 Å². The van der Waals surface area contributed by atoms with Crippen LogP contribution in [0.4, 0.5) is 14.9 Å². The highest BCUT2D eigenvalue weighted by Crippen LogP contribution is 2.37. The number of ether oxygens (including phenoxy) is 3. The number of carbonyl (C=O) groups is 1. The van der Waals surface area contributed by atoms with Crippen molar-refractivity contribution in [2.45, 2.75) is 0 Å². The molecular formula is C20H16FN3O4. The average Bonchev–Trinajstić information content (AvgIpc) is 3.14. The fourth-order valence-corrected chi connectivity index (χ4v) is 2.96. The number of benzene rings is 2. The standard InChI is InChI=1S/C20H16FN3O4/c1-26-18-10-13-15(11-19(18)27-2)22-6-5-16(13)28-17-4-3-12(9-14(17)21)24-8-7-23-20(24)25/h3-7,9-11H,8H2,1-2H3. The molecule has 4 rings (SSSR count). The monoisotopic (exact) mass is 381 g/mol. The van der Waals surface area contributed by atoms with Gasteiger partial charge in [-0.15, -0.1) is 0 Å². The SMILES string of the molecule is COc1cc2nccc(Oc3ccc(N4CC=NC4=O)cc3F)c2cc1OC.